The molecule has 100 valence electrons. The summed E-state index contributed by atoms with van der Waals surface area (Å²) in [6, 6.07) is 12.7. The third-order valence-electron chi connectivity index (χ3n) is 3.50. The standard InChI is InChI=1S/C17H20ClN/c1-11-8-12(2)16(13(3)9-11)17(19-4)14-6-5-7-15(18)10-14/h5-10,17,19H,1-4H3. The Kier molecular flexibility index (Phi) is 4.28. The van der Waals surface area contributed by atoms with Crippen LogP contribution in [0.3, 0.4) is 0 Å². The van der Waals surface area contributed by atoms with E-state index in [1.807, 2.05) is 25.2 Å². The molecule has 1 N–H and O–H groups in total. The molecule has 0 amide bonds. The molecule has 2 aromatic rings. The van der Waals surface area contributed by atoms with Crippen LogP contribution in [0.25, 0.3) is 0 Å². The van der Waals surface area contributed by atoms with Gasteiger partial charge in [0.2, 0.25) is 0 Å². The molecule has 2 rings (SSSR count). The van der Waals surface area contributed by atoms with Crippen molar-refractivity contribution in [3.63, 3.8) is 0 Å². The zero-order valence-corrected chi connectivity index (χ0v) is 12.7. The van der Waals surface area contributed by atoms with Crippen molar-refractivity contribution >= 4 is 11.6 Å². The van der Waals surface area contributed by atoms with Crippen LogP contribution >= 0.6 is 11.6 Å². The van der Waals surface area contributed by atoms with Crippen molar-refractivity contribution < 1.29 is 0 Å². The quantitative estimate of drug-likeness (QED) is 0.863. The summed E-state index contributed by atoms with van der Waals surface area (Å²) >= 11 is 6.11. The molecule has 0 aliphatic rings. The lowest BCUT2D eigenvalue weighted by molar-refractivity contribution is 0.683. The lowest BCUT2D eigenvalue weighted by Gasteiger charge is -2.22. The Hall–Kier alpha value is -1.31. The predicted octanol–water partition coefficient (Wildman–Crippen LogP) is 4.57. The smallest absolute Gasteiger partial charge is 0.0580 e. The summed E-state index contributed by atoms with van der Waals surface area (Å²) in [6.07, 6.45) is 0. The number of hydrogen-bond donors (Lipinski definition) is 1. The highest BCUT2D eigenvalue weighted by molar-refractivity contribution is 6.30. The second kappa shape index (κ2) is 5.77. The molecule has 1 unspecified atom stereocenters. The van der Waals surface area contributed by atoms with E-state index in [1.165, 1.54) is 27.8 Å². The minimum absolute atomic E-state index is 0.180. The predicted molar refractivity (Wildman–Crippen MR) is 83.0 cm³/mol. The van der Waals surface area contributed by atoms with Crippen molar-refractivity contribution in [2.24, 2.45) is 0 Å². The minimum atomic E-state index is 0.180. The van der Waals surface area contributed by atoms with Gasteiger partial charge < -0.3 is 5.32 Å². The van der Waals surface area contributed by atoms with Crippen LogP contribution in [-0.2, 0) is 0 Å². The van der Waals surface area contributed by atoms with Gasteiger partial charge >= 0.3 is 0 Å². The third-order valence-corrected chi connectivity index (χ3v) is 3.73. The maximum Gasteiger partial charge on any atom is 0.0580 e. The summed E-state index contributed by atoms with van der Waals surface area (Å²) in [5.41, 5.74) is 6.48. The third kappa shape index (κ3) is 2.99. The van der Waals surface area contributed by atoms with Gasteiger partial charge in [0, 0.05) is 5.02 Å². The van der Waals surface area contributed by atoms with E-state index >= 15 is 0 Å². The van der Waals surface area contributed by atoms with Crippen molar-refractivity contribution in [3.05, 3.63) is 69.2 Å². The van der Waals surface area contributed by atoms with Crippen LogP contribution in [0.15, 0.2) is 36.4 Å². The van der Waals surface area contributed by atoms with E-state index in [1.54, 1.807) is 0 Å². The lowest BCUT2D eigenvalue weighted by atomic mass is 9.90. The van der Waals surface area contributed by atoms with Gasteiger partial charge in [-0.2, -0.15) is 0 Å². The van der Waals surface area contributed by atoms with E-state index < -0.39 is 0 Å². The van der Waals surface area contributed by atoms with Gasteiger partial charge in [0.25, 0.3) is 0 Å². The molecule has 0 radical (unpaired) electrons. The monoisotopic (exact) mass is 273 g/mol. The van der Waals surface area contributed by atoms with E-state index in [0.29, 0.717) is 0 Å². The van der Waals surface area contributed by atoms with Gasteiger partial charge in [-0.25, -0.2) is 0 Å². The average Bonchev–Trinajstić information content (AvgIpc) is 2.33. The molecule has 1 atom stereocenters. The Bertz CT molecular complexity index is 567. The first-order valence-electron chi connectivity index (χ1n) is 6.53. The van der Waals surface area contributed by atoms with Crippen LogP contribution in [0, 0.1) is 20.8 Å². The molecule has 0 aliphatic carbocycles. The lowest BCUT2D eigenvalue weighted by Crippen LogP contribution is -2.20. The van der Waals surface area contributed by atoms with E-state index in [-0.39, 0.29) is 6.04 Å². The van der Waals surface area contributed by atoms with Crippen molar-refractivity contribution in [2.45, 2.75) is 26.8 Å². The normalized spacial score (nSPS) is 12.5. The van der Waals surface area contributed by atoms with E-state index in [9.17, 15) is 0 Å². The van der Waals surface area contributed by atoms with Gasteiger partial charge in [0.15, 0.2) is 0 Å². The molecular weight excluding hydrogens is 254 g/mol. The molecule has 0 bridgehead atoms. The Balaban J connectivity index is 2.54. The molecule has 0 fully saturated rings. The van der Waals surface area contributed by atoms with Crippen LogP contribution in [-0.4, -0.2) is 7.05 Å². The highest BCUT2D eigenvalue weighted by Gasteiger charge is 2.17. The Morgan fingerprint density at radius 3 is 2.16 bits per heavy atom. The van der Waals surface area contributed by atoms with Gasteiger partial charge in [0.05, 0.1) is 6.04 Å². The molecule has 19 heavy (non-hydrogen) atoms. The molecule has 0 aliphatic heterocycles. The van der Waals surface area contributed by atoms with Crippen molar-refractivity contribution in [2.75, 3.05) is 7.05 Å². The molecule has 0 aromatic heterocycles. The molecule has 0 spiro atoms. The first-order valence-corrected chi connectivity index (χ1v) is 6.91. The number of halogens is 1. The number of aryl methyl sites for hydroxylation is 3. The summed E-state index contributed by atoms with van der Waals surface area (Å²) in [6.45, 7) is 6.48. The van der Waals surface area contributed by atoms with E-state index in [4.69, 9.17) is 11.6 Å². The second-order valence-corrected chi connectivity index (χ2v) is 5.53. The zero-order chi connectivity index (χ0) is 14.0. The van der Waals surface area contributed by atoms with Crippen LogP contribution in [0.5, 0.6) is 0 Å². The summed E-state index contributed by atoms with van der Waals surface area (Å²) < 4.78 is 0. The number of benzene rings is 2. The molecule has 2 heteroatoms. The second-order valence-electron chi connectivity index (χ2n) is 5.09. The highest BCUT2D eigenvalue weighted by atomic mass is 35.5. The topological polar surface area (TPSA) is 12.0 Å². The molecule has 0 saturated carbocycles. The molecule has 0 saturated heterocycles. The van der Waals surface area contributed by atoms with E-state index in [2.05, 4.69) is 44.3 Å². The SMILES string of the molecule is CNC(c1cccc(Cl)c1)c1c(C)cc(C)cc1C. The highest BCUT2D eigenvalue weighted by Crippen LogP contribution is 2.29. The Morgan fingerprint density at radius 2 is 1.63 bits per heavy atom. The number of rotatable bonds is 3. The van der Waals surface area contributed by atoms with Gasteiger partial charge in [-0.1, -0.05) is 41.4 Å². The Labute approximate surface area is 120 Å². The molecule has 1 nitrogen and oxygen atoms in total. The van der Waals surface area contributed by atoms with Gasteiger partial charge in [0.1, 0.15) is 0 Å². The minimum Gasteiger partial charge on any atom is -0.309 e. The van der Waals surface area contributed by atoms with Crippen molar-refractivity contribution in [1.29, 1.82) is 0 Å². The molecule has 0 heterocycles. The maximum atomic E-state index is 6.11. The summed E-state index contributed by atoms with van der Waals surface area (Å²) in [5.74, 6) is 0. The average molecular weight is 274 g/mol. The van der Waals surface area contributed by atoms with Crippen LogP contribution in [0.4, 0.5) is 0 Å². The van der Waals surface area contributed by atoms with Crippen molar-refractivity contribution in [3.8, 4) is 0 Å². The largest absolute Gasteiger partial charge is 0.309 e. The summed E-state index contributed by atoms with van der Waals surface area (Å²) in [4.78, 5) is 0. The molecular formula is C17H20ClN. The fourth-order valence-corrected chi connectivity index (χ4v) is 3.01. The van der Waals surface area contributed by atoms with E-state index in [0.717, 1.165) is 5.02 Å². The zero-order valence-electron chi connectivity index (χ0n) is 11.9. The van der Waals surface area contributed by atoms with Gasteiger partial charge in [-0.3, -0.25) is 0 Å². The first-order chi connectivity index (χ1) is 9.02. The fourth-order valence-electron chi connectivity index (χ4n) is 2.81. The Morgan fingerprint density at radius 1 is 1.00 bits per heavy atom. The fraction of sp³-hybridized carbons (Fsp3) is 0.294. The van der Waals surface area contributed by atoms with Crippen LogP contribution in [0.2, 0.25) is 5.02 Å². The number of hydrogen-bond acceptors (Lipinski definition) is 1. The van der Waals surface area contributed by atoms with Gasteiger partial charge in [-0.05, 0) is 62.2 Å². The molecule has 2 aromatic carbocycles. The maximum absolute atomic E-state index is 6.11. The summed E-state index contributed by atoms with van der Waals surface area (Å²) in [5, 5.41) is 4.18. The van der Waals surface area contributed by atoms with Crippen LogP contribution < -0.4 is 5.32 Å². The number of nitrogens with one attached hydrogen (secondary N) is 1. The first kappa shape index (κ1) is 14.1. The van der Waals surface area contributed by atoms with Gasteiger partial charge in [-0.15, -0.1) is 0 Å². The van der Waals surface area contributed by atoms with Crippen molar-refractivity contribution in [1.82, 2.24) is 5.32 Å². The van der Waals surface area contributed by atoms with Crippen LogP contribution in [0.1, 0.15) is 33.9 Å². The summed E-state index contributed by atoms with van der Waals surface area (Å²) in [7, 11) is 1.99.